The van der Waals surface area contributed by atoms with E-state index in [1.165, 1.54) is 16.6 Å². The van der Waals surface area contributed by atoms with Crippen LogP contribution in [0.4, 0.5) is 17.6 Å². The third-order valence-electron chi connectivity index (χ3n) is 7.01. The minimum Gasteiger partial charge on any atom is -0.378 e. The van der Waals surface area contributed by atoms with E-state index < -0.39 is 0 Å². The summed E-state index contributed by atoms with van der Waals surface area (Å²) in [5.74, 6) is 2.25. The van der Waals surface area contributed by atoms with Crippen molar-refractivity contribution >= 4 is 34.7 Å². The predicted octanol–water partition coefficient (Wildman–Crippen LogP) is 3.91. The molecule has 2 aliphatic rings. The van der Waals surface area contributed by atoms with Gasteiger partial charge in [-0.2, -0.15) is 15.1 Å². The predicted molar refractivity (Wildman–Crippen MR) is 152 cm³/mol. The molecule has 1 N–H and O–H groups in total. The molecule has 0 bridgehead atoms. The Morgan fingerprint density at radius 2 is 1.61 bits per heavy atom. The molecule has 2 fully saturated rings. The highest BCUT2D eigenvalue weighted by atomic mass is 16.5. The summed E-state index contributed by atoms with van der Waals surface area (Å²) < 4.78 is 13.3. The van der Waals surface area contributed by atoms with Crippen molar-refractivity contribution in [1.29, 1.82) is 0 Å². The maximum atomic E-state index is 5.54. The summed E-state index contributed by atoms with van der Waals surface area (Å²) in [4.78, 5) is 14.1. The molecule has 4 aromatic rings. The minimum atomic E-state index is 0.669. The summed E-state index contributed by atoms with van der Waals surface area (Å²) in [6, 6.07) is 19.1. The van der Waals surface area contributed by atoms with Crippen molar-refractivity contribution in [2.24, 2.45) is 5.10 Å². The highest BCUT2D eigenvalue weighted by Gasteiger charge is 2.19. The zero-order chi connectivity index (χ0) is 25.7. The number of aromatic nitrogens is 3. The fraction of sp³-hybridized carbons (Fsp3) is 0.345. The first-order valence-electron chi connectivity index (χ1n) is 13.2. The molecule has 2 saturated heterocycles. The van der Waals surface area contributed by atoms with E-state index in [4.69, 9.17) is 19.4 Å². The van der Waals surface area contributed by atoms with Gasteiger partial charge >= 0.3 is 0 Å². The molecule has 0 atom stereocenters. The van der Waals surface area contributed by atoms with Crippen molar-refractivity contribution in [2.75, 3.05) is 67.8 Å². The molecule has 4 heterocycles. The summed E-state index contributed by atoms with van der Waals surface area (Å²) in [5, 5.41) is 5.76. The third-order valence-corrected chi connectivity index (χ3v) is 7.01. The lowest BCUT2D eigenvalue weighted by atomic mass is 10.1. The second-order valence-corrected chi connectivity index (χ2v) is 9.70. The molecule has 9 heteroatoms. The number of anilines is 3. The molecule has 2 aromatic heterocycles. The maximum absolute atomic E-state index is 5.54. The van der Waals surface area contributed by atoms with Crippen molar-refractivity contribution in [2.45, 2.75) is 13.5 Å². The van der Waals surface area contributed by atoms with Crippen LogP contribution in [-0.2, 0) is 16.0 Å². The lowest BCUT2D eigenvalue weighted by Gasteiger charge is -2.31. The number of morpholine rings is 2. The van der Waals surface area contributed by atoms with Gasteiger partial charge in [0.25, 0.3) is 0 Å². The number of aryl methyl sites for hydroxylation is 1. The number of rotatable bonds is 7. The van der Waals surface area contributed by atoms with Crippen LogP contribution in [0.25, 0.3) is 10.9 Å². The fourth-order valence-electron chi connectivity index (χ4n) is 4.91. The molecule has 2 aromatic carbocycles. The first-order chi connectivity index (χ1) is 18.7. The van der Waals surface area contributed by atoms with E-state index in [1.54, 1.807) is 0 Å². The summed E-state index contributed by atoms with van der Waals surface area (Å²) in [5.41, 5.74) is 7.94. The van der Waals surface area contributed by atoms with Crippen LogP contribution in [-0.4, -0.2) is 73.4 Å². The van der Waals surface area contributed by atoms with E-state index in [2.05, 4.69) is 86.5 Å². The van der Waals surface area contributed by atoms with Gasteiger partial charge in [0.2, 0.25) is 5.95 Å². The summed E-state index contributed by atoms with van der Waals surface area (Å²) >= 11 is 0. The largest absolute Gasteiger partial charge is 0.378 e. The van der Waals surface area contributed by atoms with Crippen LogP contribution < -0.4 is 15.2 Å². The van der Waals surface area contributed by atoms with Crippen molar-refractivity contribution < 1.29 is 9.47 Å². The fourth-order valence-corrected chi connectivity index (χ4v) is 4.91. The van der Waals surface area contributed by atoms with E-state index in [1.807, 2.05) is 12.3 Å². The average molecular weight is 512 g/mol. The number of hydrogen-bond acceptors (Lipinski definition) is 8. The smallest absolute Gasteiger partial charge is 0.229 e. The topological polar surface area (TPSA) is 80.0 Å². The number of hydrogen-bond donors (Lipinski definition) is 1. The summed E-state index contributed by atoms with van der Waals surface area (Å²) in [6.07, 6.45) is 4.03. The molecule has 0 spiro atoms. The molecule has 0 unspecified atom stereocenters. The van der Waals surface area contributed by atoms with Crippen molar-refractivity contribution in [3.8, 4) is 0 Å². The maximum Gasteiger partial charge on any atom is 0.229 e. The number of para-hydroxylation sites is 1. The Hall–Kier alpha value is -3.95. The SMILES string of the molecule is Cc1ccc(Cn2cc(/C=N/Nc3cc(N4CCOCC4)nc(N4CCOCC4)n3)c3ccccc32)cc1. The quantitative estimate of drug-likeness (QED) is 0.298. The van der Waals surface area contributed by atoms with Crippen molar-refractivity contribution in [3.63, 3.8) is 0 Å². The monoisotopic (exact) mass is 511 g/mol. The third kappa shape index (κ3) is 5.49. The Balaban J connectivity index is 1.25. The van der Waals surface area contributed by atoms with Gasteiger partial charge in [0.15, 0.2) is 5.82 Å². The molecule has 6 rings (SSSR count). The molecular weight excluding hydrogens is 478 g/mol. The van der Waals surface area contributed by atoms with E-state index in [0.29, 0.717) is 38.2 Å². The van der Waals surface area contributed by atoms with E-state index in [0.717, 1.165) is 49.5 Å². The Morgan fingerprint density at radius 1 is 0.895 bits per heavy atom. The van der Waals surface area contributed by atoms with Crippen LogP contribution in [0, 0.1) is 6.92 Å². The Morgan fingerprint density at radius 3 is 2.37 bits per heavy atom. The second-order valence-electron chi connectivity index (χ2n) is 9.70. The first kappa shape index (κ1) is 24.4. The Bertz CT molecular complexity index is 1370. The molecule has 2 aliphatic heterocycles. The van der Waals surface area contributed by atoms with Crippen molar-refractivity contribution in [1.82, 2.24) is 14.5 Å². The summed E-state index contributed by atoms with van der Waals surface area (Å²) in [6.45, 7) is 8.84. The van der Waals surface area contributed by atoms with Gasteiger partial charge in [-0.05, 0) is 18.6 Å². The molecule has 0 amide bonds. The Labute approximate surface area is 222 Å². The van der Waals surface area contributed by atoms with Crippen LogP contribution >= 0.6 is 0 Å². The zero-order valence-electron chi connectivity index (χ0n) is 21.7. The van der Waals surface area contributed by atoms with E-state index in [-0.39, 0.29) is 0 Å². The van der Waals surface area contributed by atoms with Gasteiger partial charge < -0.3 is 23.8 Å². The van der Waals surface area contributed by atoms with Crippen LogP contribution in [0.3, 0.4) is 0 Å². The Kier molecular flexibility index (Phi) is 7.19. The highest BCUT2D eigenvalue weighted by Crippen LogP contribution is 2.24. The van der Waals surface area contributed by atoms with Gasteiger partial charge in [-0.3, -0.25) is 5.43 Å². The van der Waals surface area contributed by atoms with Crippen LogP contribution in [0.1, 0.15) is 16.7 Å². The minimum absolute atomic E-state index is 0.669. The molecule has 0 aliphatic carbocycles. The lowest BCUT2D eigenvalue weighted by molar-refractivity contribution is 0.121. The molecule has 38 heavy (non-hydrogen) atoms. The average Bonchev–Trinajstić information content (AvgIpc) is 3.32. The van der Waals surface area contributed by atoms with Crippen LogP contribution in [0.15, 0.2) is 65.9 Å². The highest BCUT2D eigenvalue weighted by molar-refractivity contribution is 5.99. The molecule has 0 radical (unpaired) electrons. The van der Waals surface area contributed by atoms with Gasteiger partial charge in [-0.15, -0.1) is 0 Å². The number of nitrogens with zero attached hydrogens (tertiary/aromatic N) is 6. The standard InChI is InChI=1S/C29H33N7O2/c1-22-6-8-23(9-7-22)20-36-21-24(25-4-2-3-5-26(25)36)19-30-33-27-18-28(34-10-14-37-15-11-34)32-29(31-27)35-12-16-38-17-13-35/h2-9,18-19,21H,10-17,20H2,1H3,(H,31,32,33)/b30-19+. The number of fused-ring (bicyclic) bond motifs is 1. The van der Waals surface area contributed by atoms with Gasteiger partial charge in [0.05, 0.1) is 32.6 Å². The first-order valence-corrected chi connectivity index (χ1v) is 13.2. The van der Waals surface area contributed by atoms with Crippen LogP contribution in [0.2, 0.25) is 0 Å². The number of benzene rings is 2. The normalized spacial score (nSPS) is 16.4. The van der Waals surface area contributed by atoms with Gasteiger partial charge in [-0.25, -0.2) is 0 Å². The molecule has 9 nitrogen and oxygen atoms in total. The van der Waals surface area contributed by atoms with Gasteiger partial charge in [0, 0.05) is 61.5 Å². The summed E-state index contributed by atoms with van der Waals surface area (Å²) in [7, 11) is 0. The second kappa shape index (κ2) is 11.2. The molecular formula is C29H33N7O2. The van der Waals surface area contributed by atoms with Crippen LogP contribution in [0.5, 0.6) is 0 Å². The molecule has 196 valence electrons. The van der Waals surface area contributed by atoms with E-state index >= 15 is 0 Å². The lowest BCUT2D eigenvalue weighted by Crippen LogP contribution is -2.39. The van der Waals surface area contributed by atoms with Crippen molar-refractivity contribution in [3.05, 3.63) is 77.5 Å². The van der Waals surface area contributed by atoms with Gasteiger partial charge in [0.1, 0.15) is 5.82 Å². The number of ether oxygens (including phenoxy) is 2. The number of hydrazone groups is 1. The number of nitrogens with one attached hydrogen (secondary N) is 1. The van der Waals surface area contributed by atoms with Gasteiger partial charge in [-0.1, -0.05) is 48.0 Å². The van der Waals surface area contributed by atoms with E-state index in [9.17, 15) is 0 Å². The molecule has 0 saturated carbocycles. The zero-order valence-corrected chi connectivity index (χ0v) is 21.7.